The van der Waals surface area contributed by atoms with Gasteiger partial charge in [-0.15, -0.1) is 0 Å². The maximum atomic E-state index is 6.81. The molecule has 64 heavy (non-hydrogen) atoms. The highest BCUT2D eigenvalue weighted by atomic mass is 16.3. The molecule has 0 amide bonds. The Bertz CT molecular complexity index is 4170. The van der Waals surface area contributed by atoms with Gasteiger partial charge in [-0.25, -0.2) is 0 Å². The van der Waals surface area contributed by atoms with Crippen LogP contribution in [-0.2, 0) is 0 Å². The summed E-state index contributed by atoms with van der Waals surface area (Å²) in [7, 11) is 0. The van der Waals surface area contributed by atoms with E-state index in [0.29, 0.717) is 0 Å². The van der Waals surface area contributed by atoms with Gasteiger partial charge in [-0.05, 0) is 105 Å². The molecule has 11 aromatic carbocycles. The molecule has 14 rings (SSSR count). The minimum atomic E-state index is 0.857. The van der Waals surface area contributed by atoms with Crippen LogP contribution in [0.2, 0.25) is 0 Å². The molecule has 14 aromatic rings. The summed E-state index contributed by atoms with van der Waals surface area (Å²) >= 11 is 0. The number of aromatic nitrogens is 2. The predicted octanol–water partition coefficient (Wildman–Crippen LogP) is 16.7. The average Bonchev–Trinajstić information content (AvgIpc) is 4.03. The van der Waals surface area contributed by atoms with Gasteiger partial charge in [0.25, 0.3) is 0 Å². The number of nitrogens with zero attached hydrogens (tertiary/aromatic N) is 3. The summed E-state index contributed by atoms with van der Waals surface area (Å²) in [5, 5.41) is 14.5. The van der Waals surface area contributed by atoms with Gasteiger partial charge in [-0.3, -0.25) is 0 Å². The van der Waals surface area contributed by atoms with Crippen LogP contribution in [0.3, 0.4) is 0 Å². The highest BCUT2D eigenvalue weighted by Crippen LogP contribution is 2.47. The summed E-state index contributed by atoms with van der Waals surface area (Å²) in [6, 6.07) is 81.5. The molecule has 0 saturated heterocycles. The van der Waals surface area contributed by atoms with E-state index in [1.165, 1.54) is 64.9 Å². The molecule has 0 N–H and O–H groups in total. The molecular formula is C60H37N3O. The smallest absolute Gasteiger partial charge is 0.159 e. The Kier molecular flexibility index (Phi) is 7.36. The van der Waals surface area contributed by atoms with Gasteiger partial charge in [0, 0.05) is 49.4 Å². The molecule has 0 unspecified atom stereocenters. The third kappa shape index (κ3) is 4.93. The van der Waals surface area contributed by atoms with E-state index in [9.17, 15) is 0 Å². The van der Waals surface area contributed by atoms with Crippen LogP contribution in [0.1, 0.15) is 0 Å². The van der Waals surface area contributed by atoms with Gasteiger partial charge in [-0.1, -0.05) is 152 Å². The van der Waals surface area contributed by atoms with Crippen molar-refractivity contribution < 1.29 is 4.42 Å². The van der Waals surface area contributed by atoms with E-state index in [4.69, 9.17) is 4.42 Å². The number of furan rings is 1. The molecule has 3 aromatic heterocycles. The molecule has 0 radical (unpaired) electrons. The van der Waals surface area contributed by atoms with Gasteiger partial charge in [0.15, 0.2) is 5.58 Å². The maximum absolute atomic E-state index is 6.81. The molecule has 0 bridgehead atoms. The Balaban J connectivity index is 1.06. The predicted molar refractivity (Wildman–Crippen MR) is 270 cm³/mol. The summed E-state index contributed by atoms with van der Waals surface area (Å²) in [4.78, 5) is 2.40. The van der Waals surface area contributed by atoms with Gasteiger partial charge in [0.1, 0.15) is 5.58 Å². The summed E-state index contributed by atoms with van der Waals surface area (Å²) in [6.07, 6.45) is 0. The fourth-order valence-corrected chi connectivity index (χ4v) is 10.8. The molecule has 0 spiro atoms. The normalized spacial score (nSPS) is 12.1. The van der Waals surface area contributed by atoms with Crippen molar-refractivity contribution in [2.45, 2.75) is 0 Å². The van der Waals surface area contributed by atoms with Crippen molar-refractivity contribution in [3.8, 4) is 11.4 Å². The van der Waals surface area contributed by atoms with Crippen LogP contribution in [0.4, 0.5) is 17.1 Å². The number of para-hydroxylation sites is 6. The topological polar surface area (TPSA) is 26.2 Å². The molecule has 0 fully saturated rings. The summed E-state index contributed by atoms with van der Waals surface area (Å²) < 4.78 is 11.7. The molecule has 4 heteroatoms. The van der Waals surface area contributed by atoms with Crippen molar-refractivity contribution in [2.75, 3.05) is 4.90 Å². The van der Waals surface area contributed by atoms with Crippen molar-refractivity contribution in [3.05, 3.63) is 224 Å². The molecule has 3 heterocycles. The zero-order chi connectivity index (χ0) is 41.9. The first-order valence-corrected chi connectivity index (χ1v) is 21.9. The molecule has 0 aliphatic carbocycles. The van der Waals surface area contributed by atoms with Crippen LogP contribution in [0, 0.1) is 0 Å². The van der Waals surface area contributed by atoms with E-state index in [2.05, 4.69) is 232 Å². The SMILES string of the molecule is c1ccc(-n2c3ccccc3c3cccc(-n4c5ccccc5c5cc(N(c6ccc7c8ccccc8c8ccccc8c7c6)c6cccc7c6oc6ccccc67)ccc54)c32)cc1. The number of rotatable bonds is 5. The molecular weight excluding hydrogens is 779 g/mol. The largest absolute Gasteiger partial charge is 0.454 e. The van der Waals surface area contributed by atoms with Crippen molar-refractivity contribution in [2.24, 2.45) is 0 Å². The van der Waals surface area contributed by atoms with Crippen molar-refractivity contribution in [3.63, 3.8) is 0 Å². The number of anilines is 3. The maximum Gasteiger partial charge on any atom is 0.159 e. The monoisotopic (exact) mass is 815 g/mol. The van der Waals surface area contributed by atoms with Gasteiger partial charge in [0.2, 0.25) is 0 Å². The van der Waals surface area contributed by atoms with Crippen LogP contribution in [0.25, 0.3) is 109 Å². The minimum Gasteiger partial charge on any atom is -0.454 e. The number of benzene rings is 11. The number of fused-ring (bicyclic) bond motifs is 15. The van der Waals surface area contributed by atoms with Crippen molar-refractivity contribution in [1.82, 2.24) is 9.13 Å². The summed E-state index contributed by atoms with van der Waals surface area (Å²) in [5.41, 5.74) is 11.7. The third-order valence-electron chi connectivity index (χ3n) is 13.5. The highest BCUT2D eigenvalue weighted by molar-refractivity contribution is 6.26. The Labute approximate surface area is 367 Å². The van der Waals surface area contributed by atoms with Gasteiger partial charge in [-0.2, -0.15) is 0 Å². The van der Waals surface area contributed by atoms with E-state index in [1.54, 1.807) is 0 Å². The van der Waals surface area contributed by atoms with Crippen molar-refractivity contribution >= 4 is 115 Å². The molecule has 0 saturated carbocycles. The van der Waals surface area contributed by atoms with Crippen LogP contribution in [0.5, 0.6) is 0 Å². The van der Waals surface area contributed by atoms with Gasteiger partial charge < -0.3 is 18.5 Å². The quantitative estimate of drug-likeness (QED) is 0.162. The Hall–Kier alpha value is -8.60. The lowest BCUT2D eigenvalue weighted by Crippen LogP contribution is -2.10. The van der Waals surface area contributed by atoms with Crippen LogP contribution in [-0.4, -0.2) is 9.13 Å². The molecule has 0 atom stereocenters. The second kappa shape index (κ2) is 13.4. The van der Waals surface area contributed by atoms with Crippen LogP contribution < -0.4 is 4.90 Å². The number of hydrogen-bond donors (Lipinski definition) is 0. The second-order valence-corrected chi connectivity index (χ2v) is 16.8. The van der Waals surface area contributed by atoms with E-state index < -0.39 is 0 Å². The number of hydrogen-bond acceptors (Lipinski definition) is 2. The van der Waals surface area contributed by atoms with Crippen LogP contribution >= 0.6 is 0 Å². The lowest BCUT2D eigenvalue weighted by atomic mass is 9.94. The third-order valence-corrected chi connectivity index (χ3v) is 13.5. The zero-order valence-electron chi connectivity index (χ0n) is 34.6. The van der Waals surface area contributed by atoms with E-state index in [1.807, 2.05) is 6.07 Å². The van der Waals surface area contributed by atoms with Gasteiger partial charge in [0.05, 0.1) is 33.4 Å². The first-order valence-electron chi connectivity index (χ1n) is 21.9. The molecule has 0 aliphatic heterocycles. The molecule has 298 valence electrons. The molecule has 4 nitrogen and oxygen atoms in total. The van der Waals surface area contributed by atoms with E-state index >= 15 is 0 Å². The fraction of sp³-hybridized carbons (Fsp3) is 0. The summed E-state index contributed by atoms with van der Waals surface area (Å²) in [5.74, 6) is 0. The summed E-state index contributed by atoms with van der Waals surface area (Å²) in [6.45, 7) is 0. The Morgan fingerprint density at radius 1 is 0.312 bits per heavy atom. The first kappa shape index (κ1) is 35.0. The Morgan fingerprint density at radius 2 is 0.812 bits per heavy atom. The lowest BCUT2D eigenvalue weighted by Gasteiger charge is -2.26. The highest BCUT2D eigenvalue weighted by Gasteiger charge is 2.24. The average molecular weight is 816 g/mol. The molecule has 0 aliphatic rings. The lowest BCUT2D eigenvalue weighted by molar-refractivity contribution is 0.669. The van der Waals surface area contributed by atoms with E-state index in [0.717, 1.165) is 61.4 Å². The van der Waals surface area contributed by atoms with Gasteiger partial charge >= 0.3 is 0 Å². The van der Waals surface area contributed by atoms with Crippen molar-refractivity contribution in [1.29, 1.82) is 0 Å². The minimum absolute atomic E-state index is 0.857. The standard InChI is InChI=1S/C60H37N3O/c1-2-16-38(17-3-1)62-53-27-11-8-22-46(53)49-25-14-29-56(59(49)62)63-54-28-12-9-23-47(54)52-37-40(33-35-55(52)63)61(57-30-15-26-50-48-24-10-13-31-58(48)64-60(50)57)39-32-34-45-43-20-5-4-18-41(43)42-19-6-7-21-44(42)51(45)36-39/h1-37H. The zero-order valence-corrected chi connectivity index (χ0v) is 34.6. The van der Waals surface area contributed by atoms with Crippen LogP contribution in [0.15, 0.2) is 229 Å². The van der Waals surface area contributed by atoms with E-state index in [-0.39, 0.29) is 0 Å². The Morgan fingerprint density at radius 3 is 1.55 bits per heavy atom. The fourth-order valence-electron chi connectivity index (χ4n) is 10.8. The second-order valence-electron chi connectivity index (χ2n) is 16.8. The first-order chi connectivity index (χ1) is 31.8.